The number of hydrogen-bond donors (Lipinski definition) is 1. The Hall–Kier alpha value is -1.63. The molecule has 5 nitrogen and oxygen atoms in total. The average molecular weight is 300 g/mol. The molecular weight excluding hydrogens is 283 g/mol. The number of benzene rings is 1. The molecule has 0 spiro atoms. The highest BCUT2D eigenvalue weighted by molar-refractivity contribution is 7.92. The van der Waals surface area contributed by atoms with Crippen LogP contribution in [0, 0.1) is 5.82 Å². The maximum atomic E-state index is 13.3. The number of sulfone groups is 1. The predicted octanol–water partition coefficient (Wildman–Crippen LogP) is 1.19. The number of carbonyl (C=O) groups is 1. The molecule has 0 heterocycles. The van der Waals surface area contributed by atoms with Gasteiger partial charge in [-0.15, -0.1) is 0 Å². The van der Waals surface area contributed by atoms with Gasteiger partial charge in [-0.05, 0) is 38.0 Å². The lowest BCUT2D eigenvalue weighted by molar-refractivity contribution is -0.128. The smallest absolute Gasteiger partial charge is 0.238 e. The summed E-state index contributed by atoms with van der Waals surface area (Å²) in [5, 5.41) is 0. The fourth-order valence-corrected chi connectivity index (χ4v) is 3.27. The number of nitrogens with two attached hydrogens (primary N) is 1. The number of rotatable bonds is 5. The van der Waals surface area contributed by atoms with E-state index in [1.54, 1.807) is 4.90 Å². The Labute approximate surface area is 117 Å². The molecule has 0 aliphatic heterocycles. The van der Waals surface area contributed by atoms with Crippen LogP contribution < -0.4 is 5.73 Å². The topological polar surface area (TPSA) is 80.5 Å². The van der Waals surface area contributed by atoms with Crippen LogP contribution in [0.15, 0.2) is 23.1 Å². The number of halogens is 1. The molecule has 0 bridgehead atoms. The zero-order chi connectivity index (χ0) is 14.9. The normalized spacial score (nSPS) is 15.1. The fourth-order valence-electron chi connectivity index (χ4n) is 2.05. The van der Waals surface area contributed by atoms with Crippen molar-refractivity contribution in [1.29, 1.82) is 0 Å². The lowest BCUT2D eigenvalue weighted by Crippen LogP contribution is -2.37. The SMILES string of the molecule is CCN(C(=O)CS(=O)(=O)c1ccc(N)c(F)c1)C1CC1. The predicted molar refractivity (Wildman–Crippen MR) is 73.3 cm³/mol. The second-order valence-corrected chi connectivity index (χ2v) is 6.84. The van der Waals surface area contributed by atoms with E-state index in [0.717, 1.165) is 18.9 Å². The summed E-state index contributed by atoms with van der Waals surface area (Å²) in [4.78, 5) is 13.4. The van der Waals surface area contributed by atoms with Crippen LogP contribution >= 0.6 is 0 Å². The molecule has 1 fully saturated rings. The van der Waals surface area contributed by atoms with Gasteiger partial charge < -0.3 is 10.6 Å². The number of carbonyl (C=O) groups excluding carboxylic acids is 1. The molecule has 1 aromatic rings. The molecule has 0 atom stereocenters. The third-order valence-corrected chi connectivity index (χ3v) is 4.89. The van der Waals surface area contributed by atoms with Gasteiger partial charge in [-0.2, -0.15) is 0 Å². The second kappa shape index (κ2) is 5.40. The van der Waals surface area contributed by atoms with E-state index in [1.165, 1.54) is 12.1 Å². The van der Waals surface area contributed by atoms with Gasteiger partial charge in [0.2, 0.25) is 5.91 Å². The third kappa shape index (κ3) is 3.09. The first kappa shape index (κ1) is 14.8. The van der Waals surface area contributed by atoms with E-state index < -0.39 is 27.3 Å². The minimum Gasteiger partial charge on any atom is -0.396 e. The summed E-state index contributed by atoms with van der Waals surface area (Å²) in [5.41, 5.74) is 5.18. The molecule has 0 radical (unpaired) electrons. The van der Waals surface area contributed by atoms with Crippen molar-refractivity contribution in [2.45, 2.75) is 30.7 Å². The van der Waals surface area contributed by atoms with Gasteiger partial charge in [-0.3, -0.25) is 4.79 Å². The molecule has 0 saturated heterocycles. The van der Waals surface area contributed by atoms with Crippen LogP contribution in [-0.2, 0) is 14.6 Å². The van der Waals surface area contributed by atoms with Crippen LogP contribution in [0.25, 0.3) is 0 Å². The number of nitrogen functional groups attached to an aromatic ring is 1. The van der Waals surface area contributed by atoms with Crippen molar-refractivity contribution < 1.29 is 17.6 Å². The molecule has 1 saturated carbocycles. The maximum Gasteiger partial charge on any atom is 0.238 e. The average Bonchev–Trinajstić information content (AvgIpc) is 3.17. The van der Waals surface area contributed by atoms with E-state index in [2.05, 4.69) is 0 Å². The number of amides is 1. The zero-order valence-electron chi connectivity index (χ0n) is 11.2. The van der Waals surface area contributed by atoms with Crippen LogP contribution in [0.3, 0.4) is 0 Å². The summed E-state index contributed by atoms with van der Waals surface area (Å²) in [6, 6.07) is 3.41. The molecule has 2 rings (SSSR count). The first-order chi connectivity index (χ1) is 9.35. The largest absolute Gasteiger partial charge is 0.396 e. The number of nitrogens with zero attached hydrogens (tertiary/aromatic N) is 1. The van der Waals surface area contributed by atoms with Gasteiger partial charge in [0.05, 0.1) is 10.6 Å². The van der Waals surface area contributed by atoms with E-state index in [1.807, 2.05) is 6.92 Å². The van der Waals surface area contributed by atoms with Crippen LogP contribution in [0.4, 0.5) is 10.1 Å². The Balaban J connectivity index is 2.17. The Morgan fingerprint density at radius 2 is 2.10 bits per heavy atom. The van der Waals surface area contributed by atoms with Crippen molar-refractivity contribution in [3.8, 4) is 0 Å². The third-order valence-electron chi connectivity index (χ3n) is 3.29. The highest BCUT2D eigenvalue weighted by atomic mass is 32.2. The summed E-state index contributed by atoms with van der Waals surface area (Å²) in [7, 11) is -3.85. The Morgan fingerprint density at radius 1 is 1.45 bits per heavy atom. The van der Waals surface area contributed by atoms with Gasteiger partial charge in [0.25, 0.3) is 0 Å². The van der Waals surface area contributed by atoms with Crippen molar-refractivity contribution in [2.75, 3.05) is 18.0 Å². The van der Waals surface area contributed by atoms with Crippen molar-refractivity contribution >= 4 is 21.4 Å². The first-order valence-electron chi connectivity index (χ1n) is 6.42. The van der Waals surface area contributed by atoms with Gasteiger partial charge in [-0.25, -0.2) is 12.8 Å². The van der Waals surface area contributed by atoms with Crippen LogP contribution in [0.5, 0.6) is 0 Å². The molecule has 110 valence electrons. The highest BCUT2D eigenvalue weighted by Crippen LogP contribution is 2.27. The van der Waals surface area contributed by atoms with E-state index in [4.69, 9.17) is 5.73 Å². The Morgan fingerprint density at radius 3 is 2.60 bits per heavy atom. The molecule has 1 aliphatic carbocycles. The van der Waals surface area contributed by atoms with E-state index >= 15 is 0 Å². The minimum atomic E-state index is -3.85. The monoisotopic (exact) mass is 300 g/mol. The summed E-state index contributed by atoms with van der Waals surface area (Å²) in [5.74, 6) is -1.87. The van der Waals surface area contributed by atoms with Gasteiger partial charge in [-0.1, -0.05) is 0 Å². The second-order valence-electron chi connectivity index (χ2n) is 4.85. The van der Waals surface area contributed by atoms with Crippen molar-refractivity contribution in [1.82, 2.24) is 4.90 Å². The maximum absolute atomic E-state index is 13.3. The van der Waals surface area contributed by atoms with Gasteiger partial charge in [0, 0.05) is 12.6 Å². The molecule has 1 aromatic carbocycles. The molecule has 1 aliphatic rings. The molecule has 2 N–H and O–H groups in total. The molecular formula is C13H17FN2O3S. The van der Waals surface area contributed by atoms with Crippen molar-refractivity contribution in [2.24, 2.45) is 0 Å². The highest BCUT2D eigenvalue weighted by Gasteiger charge is 2.33. The number of anilines is 1. The summed E-state index contributed by atoms with van der Waals surface area (Å²) >= 11 is 0. The quantitative estimate of drug-likeness (QED) is 0.828. The van der Waals surface area contributed by atoms with Crippen LogP contribution in [0.2, 0.25) is 0 Å². The number of hydrogen-bond acceptors (Lipinski definition) is 4. The molecule has 20 heavy (non-hydrogen) atoms. The summed E-state index contributed by atoms with van der Waals surface area (Å²) in [6.45, 7) is 2.29. The zero-order valence-corrected chi connectivity index (χ0v) is 12.0. The standard InChI is InChI=1S/C13H17FN2O3S/c1-2-16(9-3-4-9)13(17)8-20(18,19)10-5-6-12(15)11(14)7-10/h5-7,9H,2-4,8,15H2,1H3. The van der Waals surface area contributed by atoms with Gasteiger partial charge >= 0.3 is 0 Å². The molecule has 1 amide bonds. The summed E-state index contributed by atoms with van der Waals surface area (Å²) < 4.78 is 37.6. The van der Waals surface area contributed by atoms with Crippen LogP contribution in [-0.4, -0.2) is 37.6 Å². The van der Waals surface area contributed by atoms with Crippen molar-refractivity contribution in [3.63, 3.8) is 0 Å². The Bertz CT molecular complexity index is 627. The van der Waals surface area contributed by atoms with E-state index in [0.29, 0.717) is 6.54 Å². The van der Waals surface area contributed by atoms with E-state index in [-0.39, 0.29) is 16.6 Å². The van der Waals surface area contributed by atoms with E-state index in [9.17, 15) is 17.6 Å². The lowest BCUT2D eigenvalue weighted by atomic mass is 10.3. The van der Waals surface area contributed by atoms with Crippen molar-refractivity contribution in [3.05, 3.63) is 24.0 Å². The van der Waals surface area contributed by atoms with Gasteiger partial charge in [0.15, 0.2) is 9.84 Å². The molecule has 0 unspecified atom stereocenters. The lowest BCUT2D eigenvalue weighted by Gasteiger charge is -2.20. The first-order valence-corrected chi connectivity index (χ1v) is 8.07. The van der Waals surface area contributed by atoms with Crippen LogP contribution in [0.1, 0.15) is 19.8 Å². The van der Waals surface area contributed by atoms with Gasteiger partial charge in [0.1, 0.15) is 11.6 Å². The fraction of sp³-hybridized carbons (Fsp3) is 0.462. The molecule has 0 aromatic heterocycles. The Kier molecular flexibility index (Phi) is 3.99. The summed E-state index contributed by atoms with van der Waals surface area (Å²) in [6.07, 6.45) is 1.83. The minimum absolute atomic E-state index is 0.122. The molecule has 7 heteroatoms.